The maximum Gasteiger partial charge on any atom is 0.472 e. The van der Waals surface area contributed by atoms with Crippen LogP contribution >= 0.6 is 7.82 Å². The summed E-state index contributed by atoms with van der Waals surface area (Å²) < 4.78 is 30.8. The number of carbonyl (C=O) groups is 2. The van der Waals surface area contributed by atoms with Crippen molar-refractivity contribution in [3.05, 3.63) is 134 Å². The first kappa shape index (κ1) is 83.2. The molecule has 0 saturated carbocycles. The molecular formula is C77H134N2O7P+. The van der Waals surface area contributed by atoms with Crippen molar-refractivity contribution in [1.29, 1.82) is 0 Å². The summed E-state index contributed by atoms with van der Waals surface area (Å²) >= 11 is 0. The van der Waals surface area contributed by atoms with Crippen LogP contribution in [-0.2, 0) is 27.9 Å². The molecule has 0 heterocycles. The average molecular weight is 1230 g/mol. The van der Waals surface area contributed by atoms with Gasteiger partial charge in [0.1, 0.15) is 19.3 Å². The Labute approximate surface area is 536 Å². The fraction of sp³-hybridized carbons (Fsp3) is 0.688. The largest absolute Gasteiger partial charge is 0.472 e. The topological polar surface area (TPSA) is 111 Å². The van der Waals surface area contributed by atoms with Gasteiger partial charge in [0, 0.05) is 12.8 Å². The van der Waals surface area contributed by atoms with E-state index in [4.69, 9.17) is 13.8 Å². The van der Waals surface area contributed by atoms with Gasteiger partial charge in [-0.2, -0.15) is 0 Å². The first-order valence-electron chi connectivity index (χ1n) is 35.5. The van der Waals surface area contributed by atoms with E-state index >= 15 is 0 Å². The molecule has 0 bridgehead atoms. The molecule has 3 unspecified atom stereocenters. The fourth-order valence-corrected chi connectivity index (χ4v) is 10.4. The van der Waals surface area contributed by atoms with E-state index in [0.717, 1.165) is 148 Å². The second-order valence-corrected chi connectivity index (χ2v) is 26.1. The SMILES string of the molecule is CC/C=C\C/C=C\C/C=C\C/C=C\C/C=C\C/C=C\CCCCCCCCC(=O)OC(/C=C/CCCCCCCCCCC)C(COP(=O)(O)OCC[N+](C)(C)C)NC(=O)CCCCCCCCCCC/C=C\C/C=C\C/C=C\C/C=C\CCCCC. The van der Waals surface area contributed by atoms with Crippen molar-refractivity contribution in [3.8, 4) is 0 Å². The third-order valence-electron chi connectivity index (χ3n) is 15.1. The molecule has 498 valence electrons. The van der Waals surface area contributed by atoms with Gasteiger partial charge >= 0.3 is 13.8 Å². The van der Waals surface area contributed by atoms with Crippen molar-refractivity contribution in [1.82, 2.24) is 5.32 Å². The maximum atomic E-state index is 13.6. The zero-order chi connectivity index (χ0) is 63.5. The van der Waals surface area contributed by atoms with E-state index in [0.29, 0.717) is 23.9 Å². The van der Waals surface area contributed by atoms with Crippen molar-refractivity contribution in [2.24, 2.45) is 0 Å². The van der Waals surface area contributed by atoms with Crippen LogP contribution in [0, 0.1) is 0 Å². The Morgan fingerprint density at radius 3 is 1.13 bits per heavy atom. The molecule has 10 heteroatoms. The number of esters is 1. The average Bonchev–Trinajstić information content (AvgIpc) is 3.70. The summed E-state index contributed by atoms with van der Waals surface area (Å²) in [6.07, 6.45) is 93.1. The number of likely N-dealkylation sites (N-methyl/N-ethyl adjacent to an activating group) is 1. The van der Waals surface area contributed by atoms with E-state index < -0.39 is 20.0 Å². The Morgan fingerprint density at radius 1 is 0.414 bits per heavy atom. The third kappa shape index (κ3) is 66.4. The van der Waals surface area contributed by atoms with Gasteiger partial charge in [-0.05, 0) is 128 Å². The number of carbonyl (C=O) groups excluding carboxylic acids is 2. The minimum Gasteiger partial charge on any atom is -0.456 e. The molecule has 0 spiro atoms. The summed E-state index contributed by atoms with van der Waals surface area (Å²) in [5, 5.41) is 3.06. The number of ether oxygens (including phenoxy) is 1. The van der Waals surface area contributed by atoms with Crippen molar-refractivity contribution >= 4 is 19.7 Å². The number of rotatable bonds is 63. The number of hydrogen-bond donors (Lipinski definition) is 2. The molecule has 3 atom stereocenters. The van der Waals surface area contributed by atoms with Crippen LogP contribution in [-0.4, -0.2) is 74.3 Å². The second kappa shape index (κ2) is 65.1. The van der Waals surface area contributed by atoms with E-state index in [1.165, 1.54) is 103 Å². The molecule has 0 aromatic rings. The number of allylic oxidation sites excluding steroid dienone is 21. The number of nitrogens with one attached hydrogen (secondary N) is 1. The summed E-state index contributed by atoms with van der Waals surface area (Å²) in [6.45, 7) is 6.85. The molecule has 0 aromatic carbocycles. The molecule has 0 radical (unpaired) electrons. The van der Waals surface area contributed by atoms with Crippen LogP contribution in [0.5, 0.6) is 0 Å². The zero-order valence-corrected chi connectivity index (χ0v) is 57.9. The number of nitrogens with zero attached hydrogens (tertiary/aromatic N) is 1. The summed E-state index contributed by atoms with van der Waals surface area (Å²) in [7, 11) is 1.47. The maximum absolute atomic E-state index is 13.6. The van der Waals surface area contributed by atoms with Gasteiger partial charge in [0.05, 0.1) is 33.8 Å². The summed E-state index contributed by atoms with van der Waals surface area (Å²) in [6, 6.07) is -0.869. The first-order valence-corrected chi connectivity index (χ1v) is 37.0. The van der Waals surface area contributed by atoms with Crippen LogP contribution < -0.4 is 5.32 Å². The predicted octanol–water partition coefficient (Wildman–Crippen LogP) is 22.8. The summed E-state index contributed by atoms with van der Waals surface area (Å²) in [5.74, 6) is -0.534. The first-order chi connectivity index (χ1) is 42.4. The molecule has 0 aromatic heterocycles. The van der Waals surface area contributed by atoms with Gasteiger partial charge in [0.2, 0.25) is 5.91 Å². The van der Waals surface area contributed by atoms with Crippen molar-refractivity contribution in [3.63, 3.8) is 0 Å². The monoisotopic (exact) mass is 1230 g/mol. The Bertz CT molecular complexity index is 1950. The highest BCUT2D eigenvalue weighted by Gasteiger charge is 2.30. The van der Waals surface area contributed by atoms with Gasteiger partial charge in [-0.1, -0.05) is 283 Å². The molecule has 0 aliphatic carbocycles. The standard InChI is InChI=1S/C77H133N2O7P/c1-7-10-13-16-19-22-25-27-29-31-33-35-37-39-41-43-45-47-49-51-54-57-60-63-66-69-76(80)78-74(73-85-87(82,83)84-72-71-79(4,5)6)75(68-65-62-59-56-53-24-21-18-15-12-9-3)86-77(81)70-67-64-61-58-55-52-50-48-46-44-42-40-38-36-34-32-30-28-26-23-20-17-14-11-8-2/h11,14,19-20,22-23,27-30,33-36,39-42,46,48,65,68,74-75H,7-10,12-13,15-18,21,24-26,31-32,37-38,43-45,47,49-64,66-67,69-73H2,1-6H3,(H-,78,80,82,83)/p+1/b14-11-,22-19-,23-20-,29-27-,30-28-,35-33-,36-34-,41-39-,42-40-,48-46-,68-65+. The molecular weight excluding hydrogens is 1100 g/mol. The Balaban J connectivity index is 5.10. The van der Waals surface area contributed by atoms with Crippen LogP contribution in [0.3, 0.4) is 0 Å². The zero-order valence-electron chi connectivity index (χ0n) is 57.0. The van der Waals surface area contributed by atoms with Crippen LogP contribution in [0.15, 0.2) is 134 Å². The molecule has 0 saturated heterocycles. The van der Waals surface area contributed by atoms with E-state index in [1.54, 1.807) is 0 Å². The lowest BCUT2D eigenvalue weighted by molar-refractivity contribution is -0.870. The normalized spacial score (nSPS) is 14.3. The molecule has 0 aliphatic heterocycles. The lowest BCUT2D eigenvalue weighted by atomic mass is 10.0. The Kier molecular flexibility index (Phi) is 62.2. The third-order valence-corrected chi connectivity index (χ3v) is 16.1. The van der Waals surface area contributed by atoms with E-state index in [-0.39, 0.29) is 31.5 Å². The molecule has 0 aliphatic rings. The van der Waals surface area contributed by atoms with Gasteiger partial charge in [0.25, 0.3) is 0 Å². The van der Waals surface area contributed by atoms with Crippen LogP contribution in [0.25, 0.3) is 0 Å². The van der Waals surface area contributed by atoms with E-state index in [9.17, 15) is 19.0 Å². The Hall–Kier alpha value is -3.85. The lowest BCUT2D eigenvalue weighted by Crippen LogP contribution is -2.47. The van der Waals surface area contributed by atoms with E-state index in [2.05, 4.69) is 148 Å². The lowest BCUT2D eigenvalue weighted by Gasteiger charge is -2.27. The van der Waals surface area contributed by atoms with Crippen LogP contribution in [0.2, 0.25) is 0 Å². The van der Waals surface area contributed by atoms with Crippen LogP contribution in [0.1, 0.15) is 290 Å². The number of phosphoric ester groups is 1. The Morgan fingerprint density at radius 2 is 0.736 bits per heavy atom. The fourth-order valence-electron chi connectivity index (χ4n) is 9.63. The van der Waals surface area contributed by atoms with Crippen molar-refractivity contribution in [2.75, 3.05) is 40.9 Å². The molecule has 1 amide bonds. The smallest absolute Gasteiger partial charge is 0.456 e. The predicted molar refractivity (Wildman–Crippen MR) is 378 cm³/mol. The van der Waals surface area contributed by atoms with Crippen molar-refractivity contribution < 1.29 is 37.3 Å². The highest BCUT2D eigenvalue weighted by molar-refractivity contribution is 7.47. The molecule has 0 rings (SSSR count). The number of phosphoric acid groups is 1. The quantitative estimate of drug-likeness (QED) is 0.0205. The highest BCUT2D eigenvalue weighted by Crippen LogP contribution is 2.43. The van der Waals surface area contributed by atoms with Gasteiger partial charge in [-0.3, -0.25) is 18.6 Å². The van der Waals surface area contributed by atoms with Gasteiger partial charge < -0.3 is 19.4 Å². The van der Waals surface area contributed by atoms with Gasteiger partial charge in [-0.25, -0.2) is 4.57 Å². The van der Waals surface area contributed by atoms with Crippen molar-refractivity contribution in [2.45, 2.75) is 303 Å². The number of amides is 1. The number of hydrogen-bond acceptors (Lipinski definition) is 6. The summed E-state index contributed by atoms with van der Waals surface area (Å²) in [4.78, 5) is 37.9. The molecule has 87 heavy (non-hydrogen) atoms. The molecule has 2 N–H and O–H groups in total. The van der Waals surface area contributed by atoms with Crippen LogP contribution in [0.4, 0.5) is 0 Å². The highest BCUT2D eigenvalue weighted by atomic mass is 31.2. The second-order valence-electron chi connectivity index (χ2n) is 24.7. The summed E-state index contributed by atoms with van der Waals surface area (Å²) in [5.41, 5.74) is 0. The minimum atomic E-state index is -4.47. The minimum absolute atomic E-state index is 0.0294. The molecule has 9 nitrogen and oxygen atoms in total. The number of quaternary nitrogens is 1. The molecule has 0 fully saturated rings. The van der Waals surface area contributed by atoms with Gasteiger partial charge in [-0.15, -0.1) is 0 Å². The number of unbranched alkanes of at least 4 members (excludes halogenated alkanes) is 27. The van der Waals surface area contributed by atoms with E-state index in [1.807, 2.05) is 33.3 Å². The van der Waals surface area contributed by atoms with Gasteiger partial charge in [0.15, 0.2) is 0 Å².